The van der Waals surface area contributed by atoms with Gasteiger partial charge in [-0.1, -0.05) is 48.5 Å². The highest BCUT2D eigenvalue weighted by atomic mass is 19.4. The lowest BCUT2D eigenvalue weighted by Crippen LogP contribution is -2.08. The number of hydrogen-bond acceptors (Lipinski definition) is 3. The summed E-state index contributed by atoms with van der Waals surface area (Å²) in [5.74, 6) is -0.586. The van der Waals surface area contributed by atoms with E-state index in [2.05, 4.69) is 5.32 Å². The predicted molar refractivity (Wildman–Crippen MR) is 103 cm³/mol. The van der Waals surface area contributed by atoms with Gasteiger partial charge in [-0.25, -0.2) is 4.79 Å². The summed E-state index contributed by atoms with van der Waals surface area (Å²) in [6.45, 7) is 0. The van der Waals surface area contributed by atoms with Gasteiger partial charge in [-0.05, 0) is 34.9 Å². The van der Waals surface area contributed by atoms with Gasteiger partial charge in [0.25, 0.3) is 0 Å². The molecule has 0 aliphatic rings. The van der Waals surface area contributed by atoms with Gasteiger partial charge in [0.1, 0.15) is 0 Å². The topological polar surface area (TPSA) is 55.4 Å². The molecule has 3 rings (SSSR count). The quantitative estimate of drug-likeness (QED) is 0.462. The van der Waals surface area contributed by atoms with Crippen LogP contribution in [0.3, 0.4) is 0 Å². The summed E-state index contributed by atoms with van der Waals surface area (Å²) in [6.07, 6.45) is -3.91. The Balaban J connectivity index is 1.96. The van der Waals surface area contributed by atoms with E-state index in [0.717, 1.165) is 23.3 Å². The average molecular weight is 399 g/mol. The summed E-state index contributed by atoms with van der Waals surface area (Å²) in [7, 11) is 1.25. The lowest BCUT2D eigenvalue weighted by atomic mass is 9.97. The fraction of sp³-hybridized carbons (Fsp3) is 0.0909. The van der Waals surface area contributed by atoms with Crippen molar-refractivity contribution in [2.75, 3.05) is 12.4 Å². The zero-order valence-corrected chi connectivity index (χ0v) is 15.3. The van der Waals surface area contributed by atoms with Crippen molar-refractivity contribution in [1.82, 2.24) is 0 Å². The van der Waals surface area contributed by atoms with Gasteiger partial charge < -0.3 is 10.1 Å². The van der Waals surface area contributed by atoms with Crippen LogP contribution in [-0.2, 0) is 15.7 Å². The molecule has 148 valence electrons. The Labute approximate surface area is 164 Å². The molecule has 0 saturated carbocycles. The minimum atomic E-state index is -4.38. The fourth-order valence-electron chi connectivity index (χ4n) is 2.98. The number of alkyl halides is 3. The highest BCUT2D eigenvalue weighted by molar-refractivity contribution is 6.02. The van der Waals surface area contributed by atoms with Gasteiger partial charge in [0.2, 0.25) is 6.41 Å². The Morgan fingerprint density at radius 2 is 1.45 bits per heavy atom. The van der Waals surface area contributed by atoms with Crippen molar-refractivity contribution in [2.24, 2.45) is 0 Å². The molecule has 1 amide bonds. The number of rotatable bonds is 5. The molecule has 29 heavy (non-hydrogen) atoms. The maximum atomic E-state index is 12.7. The number of benzene rings is 3. The van der Waals surface area contributed by atoms with Crippen molar-refractivity contribution in [3.05, 3.63) is 77.9 Å². The number of amides is 1. The van der Waals surface area contributed by atoms with Crippen LogP contribution >= 0.6 is 0 Å². The van der Waals surface area contributed by atoms with E-state index in [4.69, 9.17) is 4.74 Å². The number of ether oxygens (including phenoxy) is 1. The Hall–Kier alpha value is -3.61. The van der Waals surface area contributed by atoms with E-state index in [1.165, 1.54) is 25.3 Å². The van der Waals surface area contributed by atoms with Crippen molar-refractivity contribution in [3.8, 4) is 22.3 Å². The summed E-state index contributed by atoms with van der Waals surface area (Å²) in [4.78, 5) is 23.0. The third-order valence-corrected chi connectivity index (χ3v) is 4.41. The van der Waals surface area contributed by atoms with Crippen LogP contribution in [0.5, 0.6) is 0 Å². The molecule has 0 saturated heterocycles. The summed E-state index contributed by atoms with van der Waals surface area (Å²) >= 11 is 0. The molecule has 0 unspecified atom stereocenters. The molecule has 0 fully saturated rings. The smallest absolute Gasteiger partial charge is 0.416 e. The Morgan fingerprint density at radius 3 is 1.97 bits per heavy atom. The van der Waals surface area contributed by atoms with Crippen molar-refractivity contribution in [2.45, 2.75) is 6.18 Å². The molecular formula is C22H16F3NO3. The van der Waals surface area contributed by atoms with E-state index >= 15 is 0 Å². The number of halogens is 3. The number of esters is 1. The fourth-order valence-corrected chi connectivity index (χ4v) is 2.98. The molecule has 3 aromatic rings. The van der Waals surface area contributed by atoms with E-state index in [9.17, 15) is 22.8 Å². The molecule has 0 atom stereocenters. The third kappa shape index (κ3) is 4.29. The number of carbonyl (C=O) groups is 2. The van der Waals surface area contributed by atoms with E-state index in [1.54, 1.807) is 36.4 Å². The van der Waals surface area contributed by atoms with E-state index in [1.807, 2.05) is 0 Å². The van der Waals surface area contributed by atoms with Crippen LogP contribution in [0.25, 0.3) is 22.3 Å². The first kappa shape index (κ1) is 20.1. The number of hydrogen-bond donors (Lipinski definition) is 1. The van der Waals surface area contributed by atoms with Crippen molar-refractivity contribution >= 4 is 18.1 Å². The Kier molecular flexibility index (Phi) is 5.68. The number of carbonyl (C=O) groups excluding carboxylic acids is 2. The van der Waals surface area contributed by atoms with Crippen LogP contribution in [-0.4, -0.2) is 19.5 Å². The molecule has 0 aliphatic heterocycles. The number of methoxy groups -OCH3 is 1. The molecule has 7 heteroatoms. The molecule has 4 nitrogen and oxygen atoms in total. The van der Waals surface area contributed by atoms with E-state index < -0.39 is 17.7 Å². The van der Waals surface area contributed by atoms with E-state index in [0.29, 0.717) is 23.2 Å². The van der Waals surface area contributed by atoms with Gasteiger partial charge in [-0.2, -0.15) is 13.2 Å². The van der Waals surface area contributed by atoms with Gasteiger partial charge in [-0.15, -0.1) is 0 Å². The van der Waals surface area contributed by atoms with Crippen molar-refractivity contribution < 1.29 is 27.5 Å². The van der Waals surface area contributed by atoms with E-state index in [-0.39, 0.29) is 5.56 Å². The standard InChI is InChI=1S/C22H16F3NO3/c1-29-21(28)19-4-2-3-18(20(19)26-13-27)16-7-5-14(6-8-16)15-9-11-17(12-10-15)22(23,24)25/h2-13H,1H3,(H,26,27). The molecular weight excluding hydrogens is 383 g/mol. The largest absolute Gasteiger partial charge is 0.465 e. The molecule has 0 aromatic heterocycles. The molecule has 0 radical (unpaired) electrons. The van der Waals surface area contributed by atoms with Crippen molar-refractivity contribution in [3.63, 3.8) is 0 Å². The maximum absolute atomic E-state index is 12.7. The first-order valence-corrected chi connectivity index (χ1v) is 8.54. The van der Waals surface area contributed by atoms with Gasteiger partial charge >= 0.3 is 12.1 Å². The SMILES string of the molecule is COC(=O)c1cccc(-c2ccc(-c3ccc(C(F)(F)F)cc3)cc2)c1NC=O. The molecule has 1 N–H and O–H groups in total. The second-order valence-corrected chi connectivity index (χ2v) is 6.13. The zero-order valence-electron chi connectivity index (χ0n) is 15.3. The second-order valence-electron chi connectivity index (χ2n) is 6.13. The lowest BCUT2D eigenvalue weighted by Gasteiger charge is -2.13. The minimum absolute atomic E-state index is 0.212. The summed E-state index contributed by atoms with van der Waals surface area (Å²) < 4.78 is 42.9. The van der Waals surface area contributed by atoms with Crippen molar-refractivity contribution in [1.29, 1.82) is 0 Å². The van der Waals surface area contributed by atoms with Gasteiger partial charge in [0.15, 0.2) is 0 Å². The van der Waals surface area contributed by atoms with Gasteiger partial charge in [0.05, 0.1) is 23.9 Å². The zero-order chi connectivity index (χ0) is 21.0. The first-order valence-electron chi connectivity index (χ1n) is 8.54. The monoisotopic (exact) mass is 399 g/mol. The first-order chi connectivity index (χ1) is 13.8. The Morgan fingerprint density at radius 1 is 0.897 bits per heavy atom. The molecule has 3 aromatic carbocycles. The minimum Gasteiger partial charge on any atom is -0.465 e. The average Bonchev–Trinajstić information content (AvgIpc) is 2.73. The molecule has 0 heterocycles. The third-order valence-electron chi connectivity index (χ3n) is 4.41. The van der Waals surface area contributed by atoms with Crippen LogP contribution in [0, 0.1) is 0 Å². The van der Waals surface area contributed by atoms with Gasteiger partial charge in [-0.3, -0.25) is 4.79 Å². The van der Waals surface area contributed by atoms with Crippen LogP contribution in [0.4, 0.5) is 18.9 Å². The molecule has 0 bridgehead atoms. The second kappa shape index (κ2) is 8.18. The summed E-state index contributed by atoms with van der Waals surface area (Å²) in [5, 5.41) is 2.54. The Bertz CT molecular complexity index is 1030. The maximum Gasteiger partial charge on any atom is 0.416 e. The van der Waals surface area contributed by atoms with Crippen LogP contribution in [0.15, 0.2) is 66.7 Å². The van der Waals surface area contributed by atoms with Gasteiger partial charge in [0, 0.05) is 5.56 Å². The lowest BCUT2D eigenvalue weighted by molar-refractivity contribution is -0.137. The molecule has 0 aliphatic carbocycles. The predicted octanol–water partition coefficient (Wildman–Crippen LogP) is 5.39. The van der Waals surface area contributed by atoms with Crippen LogP contribution < -0.4 is 5.32 Å². The summed E-state index contributed by atoms with van der Waals surface area (Å²) in [5.41, 5.74) is 2.52. The number of para-hydroxylation sites is 1. The number of anilines is 1. The number of nitrogens with one attached hydrogen (secondary N) is 1. The van der Waals surface area contributed by atoms with Crippen LogP contribution in [0.2, 0.25) is 0 Å². The normalized spacial score (nSPS) is 11.0. The molecule has 0 spiro atoms. The summed E-state index contributed by atoms with van der Waals surface area (Å²) in [6, 6.07) is 16.9. The highest BCUT2D eigenvalue weighted by Crippen LogP contribution is 2.34. The van der Waals surface area contributed by atoms with Crippen LogP contribution in [0.1, 0.15) is 15.9 Å². The highest BCUT2D eigenvalue weighted by Gasteiger charge is 2.29.